The van der Waals surface area contributed by atoms with Gasteiger partial charge in [-0.15, -0.1) is 0 Å². The van der Waals surface area contributed by atoms with Gasteiger partial charge in [-0.05, 0) is 52.1 Å². The van der Waals surface area contributed by atoms with Crippen LogP contribution < -0.4 is 10.6 Å². The maximum absolute atomic E-state index is 5.02. The van der Waals surface area contributed by atoms with Gasteiger partial charge in [-0.1, -0.05) is 0 Å². The number of nitrogens with one attached hydrogen (secondary N) is 2. The van der Waals surface area contributed by atoms with Crippen molar-refractivity contribution in [2.75, 3.05) is 26.8 Å². The molecule has 0 spiro atoms. The van der Waals surface area contributed by atoms with Crippen molar-refractivity contribution in [1.82, 2.24) is 10.6 Å². The summed E-state index contributed by atoms with van der Waals surface area (Å²) in [4.78, 5) is 0. The van der Waals surface area contributed by atoms with Gasteiger partial charge in [0.1, 0.15) is 0 Å². The first kappa shape index (κ1) is 12.9. The maximum atomic E-state index is 5.02. The predicted molar refractivity (Wildman–Crippen MR) is 64.2 cm³/mol. The van der Waals surface area contributed by atoms with E-state index in [2.05, 4.69) is 17.6 Å². The second-order valence-electron chi connectivity index (χ2n) is 4.58. The highest BCUT2D eigenvalue weighted by atomic mass is 16.5. The Kier molecular flexibility index (Phi) is 6.98. The lowest BCUT2D eigenvalue weighted by atomic mass is 10.1. The summed E-state index contributed by atoms with van der Waals surface area (Å²) in [6.45, 7) is 5.51. The van der Waals surface area contributed by atoms with Crippen LogP contribution in [0.5, 0.6) is 0 Å². The molecule has 0 aromatic carbocycles. The molecule has 2 unspecified atom stereocenters. The number of unbranched alkanes of at least 4 members (excludes halogenated alkanes) is 1. The van der Waals surface area contributed by atoms with Gasteiger partial charge < -0.3 is 15.4 Å². The van der Waals surface area contributed by atoms with Crippen LogP contribution in [0.3, 0.4) is 0 Å². The van der Waals surface area contributed by atoms with E-state index in [1.54, 1.807) is 7.11 Å². The van der Waals surface area contributed by atoms with Crippen molar-refractivity contribution < 1.29 is 4.74 Å². The van der Waals surface area contributed by atoms with Crippen molar-refractivity contribution in [3.05, 3.63) is 0 Å². The first-order valence-electron chi connectivity index (χ1n) is 6.28. The molecule has 15 heavy (non-hydrogen) atoms. The zero-order chi connectivity index (χ0) is 10.9. The standard InChI is InChI=1S/C12H26N2O/c1-11(10-12-6-5-8-14-12)13-7-3-4-9-15-2/h11-14H,3-10H2,1-2H3. The number of rotatable bonds is 8. The second kappa shape index (κ2) is 8.08. The van der Waals surface area contributed by atoms with Crippen molar-refractivity contribution in [3.8, 4) is 0 Å². The highest BCUT2D eigenvalue weighted by Gasteiger charge is 2.16. The summed E-state index contributed by atoms with van der Waals surface area (Å²) in [7, 11) is 1.77. The molecule has 3 nitrogen and oxygen atoms in total. The van der Waals surface area contributed by atoms with Crippen molar-refractivity contribution in [3.63, 3.8) is 0 Å². The van der Waals surface area contributed by atoms with Crippen molar-refractivity contribution in [2.45, 2.75) is 51.1 Å². The Labute approximate surface area is 94.0 Å². The van der Waals surface area contributed by atoms with Gasteiger partial charge in [0.05, 0.1) is 0 Å². The molecule has 3 heteroatoms. The van der Waals surface area contributed by atoms with Crippen LogP contribution in [-0.4, -0.2) is 38.9 Å². The van der Waals surface area contributed by atoms with Crippen LogP contribution in [0, 0.1) is 0 Å². The summed E-state index contributed by atoms with van der Waals surface area (Å²) in [5.74, 6) is 0. The van der Waals surface area contributed by atoms with Crippen LogP contribution in [0.4, 0.5) is 0 Å². The molecular weight excluding hydrogens is 188 g/mol. The van der Waals surface area contributed by atoms with E-state index in [0.717, 1.165) is 25.6 Å². The quantitative estimate of drug-likeness (QED) is 0.601. The van der Waals surface area contributed by atoms with Crippen molar-refractivity contribution in [1.29, 1.82) is 0 Å². The summed E-state index contributed by atoms with van der Waals surface area (Å²) in [6.07, 6.45) is 6.36. The molecule has 0 amide bonds. The van der Waals surface area contributed by atoms with E-state index >= 15 is 0 Å². The molecule has 0 aliphatic carbocycles. The van der Waals surface area contributed by atoms with Gasteiger partial charge in [0.15, 0.2) is 0 Å². The van der Waals surface area contributed by atoms with Gasteiger partial charge >= 0.3 is 0 Å². The molecule has 0 bridgehead atoms. The number of methoxy groups -OCH3 is 1. The monoisotopic (exact) mass is 214 g/mol. The largest absolute Gasteiger partial charge is 0.385 e. The van der Waals surface area contributed by atoms with Crippen LogP contribution in [0.25, 0.3) is 0 Å². The van der Waals surface area contributed by atoms with Gasteiger partial charge in [-0.3, -0.25) is 0 Å². The van der Waals surface area contributed by atoms with Crippen LogP contribution in [0.2, 0.25) is 0 Å². The Morgan fingerprint density at radius 2 is 2.33 bits per heavy atom. The highest BCUT2D eigenvalue weighted by molar-refractivity contribution is 4.78. The Balaban J connectivity index is 1.91. The zero-order valence-corrected chi connectivity index (χ0v) is 10.2. The molecule has 0 aromatic rings. The van der Waals surface area contributed by atoms with Gasteiger partial charge in [0.2, 0.25) is 0 Å². The van der Waals surface area contributed by atoms with Crippen molar-refractivity contribution >= 4 is 0 Å². The van der Waals surface area contributed by atoms with Crippen LogP contribution in [0.15, 0.2) is 0 Å². The fourth-order valence-electron chi connectivity index (χ4n) is 2.19. The predicted octanol–water partition coefficient (Wildman–Crippen LogP) is 1.53. The molecule has 1 saturated heterocycles. The molecule has 2 atom stereocenters. The fraction of sp³-hybridized carbons (Fsp3) is 1.00. The van der Waals surface area contributed by atoms with E-state index < -0.39 is 0 Å². The Hall–Kier alpha value is -0.120. The number of hydrogen-bond acceptors (Lipinski definition) is 3. The van der Waals surface area contributed by atoms with E-state index in [1.165, 1.54) is 32.2 Å². The average molecular weight is 214 g/mol. The molecule has 1 heterocycles. The van der Waals surface area contributed by atoms with E-state index in [4.69, 9.17) is 4.74 Å². The molecule has 1 rings (SSSR count). The number of ether oxygens (including phenoxy) is 1. The molecule has 1 aliphatic rings. The Bertz CT molecular complexity index is 147. The third-order valence-corrected chi connectivity index (χ3v) is 3.07. The van der Waals surface area contributed by atoms with E-state index in [-0.39, 0.29) is 0 Å². The molecule has 0 saturated carbocycles. The normalized spacial score (nSPS) is 23.2. The lowest BCUT2D eigenvalue weighted by Crippen LogP contribution is -2.34. The minimum Gasteiger partial charge on any atom is -0.385 e. The summed E-state index contributed by atoms with van der Waals surface area (Å²) < 4.78 is 5.02. The van der Waals surface area contributed by atoms with Gasteiger partial charge in [-0.25, -0.2) is 0 Å². The van der Waals surface area contributed by atoms with Crippen LogP contribution in [-0.2, 0) is 4.74 Å². The van der Waals surface area contributed by atoms with E-state index in [0.29, 0.717) is 6.04 Å². The fourth-order valence-corrected chi connectivity index (χ4v) is 2.19. The maximum Gasteiger partial charge on any atom is 0.0462 e. The minimum absolute atomic E-state index is 0.642. The summed E-state index contributed by atoms with van der Waals surface area (Å²) in [6, 6.07) is 1.40. The molecule has 1 aliphatic heterocycles. The number of hydrogen-bond donors (Lipinski definition) is 2. The molecule has 0 aromatic heterocycles. The Morgan fingerprint density at radius 3 is 3.00 bits per heavy atom. The molecule has 90 valence electrons. The summed E-state index contributed by atoms with van der Waals surface area (Å²) in [5, 5.41) is 7.11. The van der Waals surface area contributed by atoms with E-state index in [9.17, 15) is 0 Å². The van der Waals surface area contributed by atoms with E-state index in [1.807, 2.05) is 0 Å². The van der Waals surface area contributed by atoms with Crippen LogP contribution >= 0.6 is 0 Å². The third kappa shape index (κ3) is 6.13. The summed E-state index contributed by atoms with van der Waals surface area (Å²) >= 11 is 0. The molecule has 0 radical (unpaired) electrons. The lowest BCUT2D eigenvalue weighted by Gasteiger charge is -2.18. The van der Waals surface area contributed by atoms with Gasteiger partial charge in [0.25, 0.3) is 0 Å². The first-order chi connectivity index (χ1) is 7.33. The SMILES string of the molecule is COCCCCNC(C)CC1CCCN1. The smallest absolute Gasteiger partial charge is 0.0462 e. The summed E-state index contributed by atoms with van der Waals surface area (Å²) in [5.41, 5.74) is 0. The average Bonchev–Trinajstić information content (AvgIpc) is 2.70. The van der Waals surface area contributed by atoms with Crippen molar-refractivity contribution in [2.24, 2.45) is 0 Å². The van der Waals surface area contributed by atoms with Gasteiger partial charge in [-0.2, -0.15) is 0 Å². The lowest BCUT2D eigenvalue weighted by molar-refractivity contribution is 0.192. The zero-order valence-electron chi connectivity index (χ0n) is 10.2. The topological polar surface area (TPSA) is 33.3 Å². The molecule has 2 N–H and O–H groups in total. The minimum atomic E-state index is 0.642. The second-order valence-corrected chi connectivity index (χ2v) is 4.58. The molecule has 1 fully saturated rings. The molecular formula is C12H26N2O. The third-order valence-electron chi connectivity index (χ3n) is 3.07. The van der Waals surface area contributed by atoms with Gasteiger partial charge in [0, 0.05) is 25.8 Å². The Morgan fingerprint density at radius 1 is 1.47 bits per heavy atom. The van der Waals surface area contributed by atoms with Crippen LogP contribution in [0.1, 0.15) is 39.0 Å². The highest BCUT2D eigenvalue weighted by Crippen LogP contribution is 2.10. The first-order valence-corrected chi connectivity index (χ1v) is 6.28.